The highest BCUT2D eigenvalue weighted by atomic mass is 32.1. The first-order valence-electron chi connectivity index (χ1n) is 3.86. The highest BCUT2D eigenvalue weighted by Gasteiger charge is 1.96. The lowest BCUT2D eigenvalue weighted by Gasteiger charge is -2.00. The molecule has 0 amide bonds. The molecule has 2 rings (SSSR count). The minimum atomic E-state index is 0.477. The molecule has 0 N–H and O–H groups in total. The van der Waals surface area contributed by atoms with Crippen LogP contribution in [0.3, 0.4) is 0 Å². The van der Waals surface area contributed by atoms with Crippen molar-refractivity contribution in [1.29, 1.82) is 0 Å². The molecule has 0 saturated heterocycles. The maximum atomic E-state index is 5.37. The van der Waals surface area contributed by atoms with Crippen LogP contribution in [0.15, 0.2) is 35.3 Å². The maximum absolute atomic E-state index is 5.37. The Labute approximate surface area is 80.0 Å². The van der Waals surface area contributed by atoms with Crippen molar-refractivity contribution in [3.8, 4) is 5.88 Å². The van der Waals surface area contributed by atoms with Crippen LogP contribution in [0.1, 0.15) is 5.69 Å². The largest absolute Gasteiger partial charge is 0.471 e. The minimum absolute atomic E-state index is 0.477. The van der Waals surface area contributed by atoms with Crippen LogP contribution in [0.25, 0.3) is 0 Å². The van der Waals surface area contributed by atoms with E-state index in [0.29, 0.717) is 12.5 Å². The highest BCUT2D eigenvalue weighted by Crippen LogP contribution is 2.11. The number of hydrogen-bond acceptors (Lipinski definition) is 4. The molecule has 66 valence electrons. The van der Waals surface area contributed by atoms with E-state index >= 15 is 0 Å². The van der Waals surface area contributed by atoms with Crippen LogP contribution in [0.5, 0.6) is 5.88 Å². The third-order valence-corrected chi connectivity index (χ3v) is 2.07. The second-order valence-electron chi connectivity index (χ2n) is 2.44. The summed E-state index contributed by atoms with van der Waals surface area (Å²) in [6.07, 6.45) is 1.75. The van der Waals surface area contributed by atoms with Crippen molar-refractivity contribution in [1.82, 2.24) is 9.97 Å². The zero-order valence-corrected chi connectivity index (χ0v) is 7.70. The average Bonchev–Trinajstić information content (AvgIpc) is 2.69. The minimum Gasteiger partial charge on any atom is -0.471 e. The molecule has 2 aromatic heterocycles. The van der Waals surface area contributed by atoms with Gasteiger partial charge in [0, 0.05) is 6.20 Å². The Bertz CT molecular complexity index is 347. The smallest absolute Gasteiger partial charge is 0.224 e. The molecular formula is C9H8N2OS. The van der Waals surface area contributed by atoms with Gasteiger partial charge in [0.25, 0.3) is 0 Å². The SMILES string of the molecule is c1ccc(COc2cscn2)nc1. The Kier molecular flexibility index (Phi) is 2.52. The van der Waals surface area contributed by atoms with E-state index in [-0.39, 0.29) is 0 Å². The highest BCUT2D eigenvalue weighted by molar-refractivity contribution is 7.07. The second-order valence-corrected chi connectivity index (χ2v) is 3.16. The molecule has 0 radical (unpaired) electrons. The predicted octanol–water partition coefficient (Wildman–Crippen LogP) is 2.12. The lowest BCUT2D eigenvalue weighted by molar-refractivity contribution is 0.291. The van der Waals surface area contributed by atoms with E-state index in [4.69, 9.17) is 4.74 Å². The van der Waals surface area contributed by atoms with Crippen molar-refractivity contribution in [3.63, 3.8) is 0 Å². The summed E-state index contributed by atoms with van der Waals surface area (Å²) in [5, 5.41) is 1.86. The molecule has 0 aliphatic heterocycles. The molecule has 0 bridgehead atoms. The van der Waals surface area contributed by atoms with Gasteiger partial charge in [0.1, 0.15) is 6.61 Å². The zero-order valence-electron chi connectivity index (χ0n) is 6.88. The summed E-state index contributed by atoms with van der Waals surface area (Å²) in [5.74, 6) is 0.663. The third kappa shape index (κ3) is 2.26. The Morgan fingerprint density at radius 3 is 3.00 bits per heavy atom. The molecule has 0 aliphatic rings. The van der Waals surface area contributed by atoms with Crippen LogP contribution in [-0.2, 0) is 6.61 Å². The van der Waals surface area contributed by atoms with E-state index in [1.165, 1.54) is 11.3 Å². The summed E-state index contributed by atoms with van der Waals surface area (Å²) >= 11 is 1.52. The Morgan fingerprint density at radius 1 is 1.31 bits per heavy atom. The molecule has 0 aromatic carbocycles. The Balaban J connectivity index is 1.94. The maximum Gasteiger partial charge on any atom is 0.224 e. The van der Waals surface area contributed by atoms with Gasteiger partial charge in [0.2, 0.25) is 5.88 Å². The molecule has 13 heavy (non-hydrogen) atoms. The van der Waals surface area contributed by atoms with Gasteiger partial charge in [-0.05, 0) is 12.1 Å². The van der Waals surface area contributed by atoms with Gasteiger partial charge in [-0.25, -0.2) is 4.98 Å². The van der Waals surface area contributed by atoms with E-state index in [1.807, 2.05) is 23.6 Å². The van der Waals surface area contributed by atoms with E-state index in [9.17, 15) is 0 Å². The van der Waals surface area contributed by atoms with E-state index in [0.717, 1.165) is 5.69 Å². The van der Waals surface area contributed by atoms with Crippen LogP contribution in [0, 0.1) is 0 Å². The summed E-state index contributed by atoms with van der Waals surface area (Å²) in [6, 6.07) is 5.74. The third-order valence-electron chi connectivity index (χ3n) is 1.50. The molecule has 0 fully saturated rings. The van der Waals surface area contributed by atoms with E-state index in [1.54, 1.807) is 11.7 Å². The number of nitrogens with zero attached hydrogens (tertiary/aromatic N) is 2. The van der Waals surface area contributed by atoms with E-state index < -0.39 is 0 Å². The average molecular weight is 192 g/mol. The zero-order chi connectivity index (χ0) is 8.93. The van der Waals surface area contributed by atoms with Crippen molar-refractivity contribution in [2.24, 2.45) is 0 Å². The van der Waals surface area contributed by atoms with Crippen LogP contribution in [0.4, 0.5) is 0 Å². The summed E-state index contributed by atoms with van der Waals surface area (Å²) in [7, 11) is 0. The van der Waals surface area contributed by atoms with Gasteiger partial charge < -0.3 is 4.74 Å². The molecular weight excluding hydrogens is 184 g/mol. The lowest BCUT2D eigenvalue weighted by atomic mass is 10.4. The molecule has 4 heteroatoms. The van der Waals surface area contributed by atoms with Gasteiger partial charge in [-0.3, -0.25) is 4.98 Å². The standard InChI is InChI=1S/C9H8N2OS/c1-2-4-10-8(3-1)5-12-9-6-13-7-11-9/h1-4,6-7H,5H2. The second kappa shape index (κ2) is 4.00. The van der Waals surface area contributed by atoms with Crippen molar-refractivity contribution in [2.75, 3.05) is 0 Å². The molecule has 0 spiro atoms. The fourth-order valence-electron chi connectivity index (χ4n) is 0.904. The Hall–Kier alpha value is -1.42. The molecule has 0 unspecified atom stereocenters. The van der Waals surface area contributed by atoms with Gasteiger partial charge in [-0.15, -0.1) is 11.3 Å². The van der Waals surface area contributed by atoms with Crippen LogP contribution < -0.4 is 4.74 Å². The monoisotopic (exact) mass is 192 g/mol. The molecule has 0 atom stereocenters. The number of hydrogen-bond donors (Lipinski definition) is 0. The number of pyridine rings is 1. The van der Waals surface area contributed by atoms with Crippen molar-refractivity contribution in [3.05, 3.63) is 41.0 Å². The summed E-state index contributed by atoms with van der Waals surface area (Å²) < 4.78 is 5.37. The molecule has 0 aliphatic carbocycles. The Morgan fingerprint density at radius 2 is 2.31 bits per heavy atom. The quantitative estimate of drug-likeness (QED) is 0.747. The first-order valence-corrected chi connectivity index (χ1v) is 4.80. The fourth-order valence-corrected chi connectivity index (χ4v) is 1.38. The molecule has 2 aromatic rings. The normalized spacial score (nSPS) is 9.85. The van der Waals surface area contributed by atoms with Crippen molar-refractivity contribution in [2.45, 2.75) is 6.61 Å². The predicted molar refractivity (Wildman–Crippen MR) is 50.7 cm³/mol. The van der Waals surface area contributed by atoms with Crippen LogP contribution in [0.2, 0.25) is 0 Å². The van der Waals surface area contributed by atoms with Crippen molar-refractivity contribution < 1.29 is 4.74 Å². The fraction of sp³-hybridized carbons (Fsp3) is 0.111. The molecule has 0 saturated carbocycles. The first kappa shape index (κ1) is 8.19. The number of thiazole rings is 1. The number of aromatic nitrogens is 2. The van der Waals surface area contributed by atoms with E-state index in [2.05, 4.69) is 9.97 Å². The van der Waals surface area contributed by atoms with Gasteiger partial charge in [0.05, 0.1) is 16.6 Å². The van der Waals surface area contributed by atoms with Gasteiger partial charge in [0.15, 0.2) is 0 Å². The molecule has 2 heterocycles. The summed E-state index contributed by atoms with van der Waals surface area (Å²) in [6.45, 7) is 0.477. The van der Waals surface area contributed by atoms with Crippen LogP contribution in [-0.4, -0.2) is 9.97 Å². The number of rotatable bonds is 3. The van der Waals surface area contributed by atoms with Crippen molar-refractivity contribution >= 4 is 11.3 Å². The first-order chi connectivity index (χ1) is 6.45. The summed E-state index contributed by atoms with van der Waals surface area (Å²) in [4.78, 5) is 8.13. The topological polar surface area (TPSA) is 35.0 Å². The summed E-state index contributed by atoms with van der Waals surface area (Å²) in [5.41, 5.74) is 2.66. The number of ether oxygens (including phenoxy) is 1. The van der Waals surface area contributed by atoms with Gasteiger partial charge in [-0.1, -0.05) is 6.07 Å². The van der Waals surface area contributed by atoms with Crippen LogP contribution >= 0.6 is 11.3 Å². The van der Waals surface area contributed by atoms with Gasteiger partial charge >= 0.3 is 0 Å². The lowest BCUT2D eigenvalue weighted by Crippen LogP contribution is -1.97. The van der Waals surface area contributed by atoms with Gasteiger partial charge in [-0.2, -0.15) is 0 Å². The molecule has 3 nitrogen and oxygen atoms in total.